The molecule has 18 heavy (non-hydrogen) atoms. The number of halogens is 3. The first kappa shape index (κ1) is 13.0. The molecule has 2 aromatic rings. The second-order valence-electron chi connectivity index (χ2n) is 4.14. The molecule has 0 aliphatic heterocycles. The summed E-state index contributed by atoms with van der Waals surface area (Å²) in [6.45, 7) is 1.88. The van der Waals surface area contributed by atoms with E-state index in [0.29, 0.717) is 10.6 Å². The van der Waals surface area contributed by atoms with Crippen LogP contribution in [-0.2, 0) is 0 Å². The SMILES string of the molecule is Cc1ccc(C(N)c2c(F)cccc2F)c(Cl)c1. The van der Waals surface area contributed by atoms with E-state index in [1.165, 1.54) is 18.2 Å². The van der Waals surface area contributed by atoms with Crippen molar-refractivity contribution in [2.75, 3.05) is 0 Å². The topological polar surface area (TPSA) is 26.0 Å². The summed E-state index contributed by atoms with van der Waals surface area (Å²) in [7, 11) is 0. The standard InChI is InChI=1S/C14H12ClF2N/c1-8-5-6-9(10(15)7-8)14(18)13-11(16)3-2-4-12(13)17/h2-7,14H,18H2,1H3. The van der Waals surface area contributed by atoms with Crippen LogP contribution in [0.4, 0.5) is 8.78 Å². The van der Waals surface area contributed by atoms with Gasteiger partial charge in [0.15, 0.2) is 0 Å². The number of hydrogen-bond acceptors (Lipinski definition) is 1. The van der Waals surface area contributed by atoms with Crippen molar-refractivity contribution in [3.05, 3.63) is 69.7 Å². The Kier molecular flexibility index (Phi) is 3.64. The highest BCUT2D eigenvalue weighted by Crippen LogP contribution is 2.30. The molecule has 2 rings (SSSR count). The summed E-state index contributed by atoms with van der Waals surface area (Å²) in [5.74, 6) is -1.33. The largest absolute Gasteiger partial charge is 0.320 e. The third kappa shape index (κ3) is 2.37. The number of rotatable bonds is 2. The van der Waals surface area contributed by atoms with Gasteiger partial charge in [0.25, 0.3) is 0 Å². The van der Waals surface area contributed by atoms with E-state index in [1.54, 1.807) is 18.2 Å². The molecule has 0 saturated carbocycles. The van der Waals surface area contributed by atoms with E-state index in [4.69, 9.17) is 17.3 Å². The van der Waals surface area contributed by atoms with Gasteiger partial charge in [0, 0.05) is 10.6 Å². The predicted octanol–water partition coefficient (Wildman–Crippen LogP) is 3.97. The van der Waals surface area contributed by atoms with Gasteiger partial charge in [-0.2, -0.15) is 0 Å². The Morgan fingerprint density at radius 2 is 1.72 bits per heavy atom. The molecule has 4 heteroatoms. The van der Waals surface area contributed by atoms with Gasteiger partial charge in [-0.3, -0.25) is 0 Å². The maximum Gasteiger partial charge on any atom is 0.131 e. The van der Waals surface area contributed by atoms with Crippen LogP contribution in [0.25, 0.3) is 0 Å². The Balaban J connectivity index is 2.51. The van der Waals surface area contributed by atoms with E-state index < -0.39 is 17.7 Å². The molecule has 2 aromatic carbocycles. The Morgan fingerprint density at radius 1 is 1.11 bits per heavy atom. The van der Waals surface area contributed by atoms with Gasteiger partial charge in [-0.25, -0.2) is 8.78 Å². The number of benzene rings is 2. The van der Waals surface area contributed by atoms with Crippen LogP contribution in [0.15, 0.2) is 36.4 Å². The zero-order valence-corrected chi connectivity index (χ0v) is 10.5. The Labute approximate surface area is 109 Å². The molecule has 0 aliphatic carbocycles. The summed E-state index contributed by atoms with van der Waals surface area (Å²) >= 11 is 6.05. The van der Waals surface area contributed by atoms with Gasteiger partial charge < -0.3 is 5.73 Å². The minimum absolute atomic E-state index is 0.164. The normalized spacial score (nSPS) is 12.5. The second-order valence-corrected chi connectivity index (χ2v) is 4.55. The Bertz CT molecular complexity index is 564. The highest BCUT2D eigenvalue weighted by atomic mass is 35.5. The molecule has 0 bridgehead atoms. The molecule has 0 spiro atoms. The number of nitrogens with two attached hydrogens (primary N) is 1. The minimum atomic E-state index is -0.917. The fourth-order valence-electron chi connectivity index (χ4n) is 1.85. The van der Waals surface area contributed by atoms with Crippen LogP contribution in [0.1, 0.15) is 22.7 Å². The first-order valence-corrected chi connectivity index (χ1v) is 5.84. The Hall–Kier alpha value is -1.45. The van der Waals surface area contributed by atoms with Gasteiger partial charge >= 0.3 is 0 Å². The van der Waals surface area contributed by atoms with Crippen molar-refractivity contribution in [1.29, 1.82) is 0 Å². The molecule has 0 aliphatic rings. The molecule has 1 nitrogen and oxygen atoms in total. The Morgan fingerprint density at radius 3 is 2.28 bits per heavy atom. The third-order valence-corrected chi connectivity index (χ3v) is 3.13. The van der Waals surface area contributed by atoms with Crippen LogP contribution >= 0.6 is 11.6 Å². The number of aryl methyl sites for hydroxylation is 1. The smallest absolute Gasteiger partial charge is 0.131 e. The summed E-state index contributed by atoms with van der Waals surface area (Å²) in [6, 6.07) is 7.96. The predicted molar refractivity (Wildman–Crippen MR) is 68.6 cm³/mol. The molecule has 0 fully saturated rings. The first-order chi connectivity index (χ1) is 8.50. The lowest BCUT2D eigenvalue weighted by molar-refractivity contribution is 0.543. The monoisotopic (exact) mass is 267 g/mol. The lowest BCUT2D eigenvalue weighted by atomic mass is 9.97. The van der Waals surface area contributed by atoms with Gasteiger partial charge in [-0.15, -0.1) is 0 Å². The van der Waals surface area contributed by atoms with Crippen molar-refractivity contribution in [3.8, 4) is 0 Å². The minimum Gasteiger partial charge on any atom is -0.320 e. The summed E-state index contributed by atoms with van der Waals surface area (Å²) in [6.07, 6.45) is 0. The van der Waals surface area contributed by atoms with Gasteiger partial charge in [0.05, 0.1) is 6.04 Å². The summed E-state index contributed by atoms with van der Waals surface area (Å²) in [5, 5.41) is 0.408. The van der Waals surface area contributed by atoms with Crippen molar-refractivity contribution < 1.29 is 8.78 Å². The summed E-state index contributed by atoms with van der Waals surface area (Å²) in [4.78, 5) is 0. The molecule has 0 amide bonds. The third-order valence-electron chi connectivity index (χ3n) is 2.80. The molecule has 2 N–H and O–H groups in total. The van der Waals surface area contributed by atoms with Crippen molar-refractivity contribution in [2.45, 2.75) is 13.0 Å². The molecular formula is C14H12ClF2N. The van der Waals surface area contributed by atoms with Crippen LogP contribution in [-0.4, -0.2) is 0 Å². The average molecular weight is 268 g/mol. The maximum atomic E-state index is 13.6. The highest BCUT2D eigenvalue weighted by molar-refractivity contribution is 6.31. The molecule has 1 atom stereocenters. The van der Waals surface area contributed by atoms with Crippen LogP contribution in [0, 0.1) is 18.6 Å². The maximum absolute atomic E-state index is 13.6. The van der Waals surface area contributed by atoms with Crippen LogP contribution in [0.5, 0.6) is 0 Å². The quantitative estimate of drug-likeness (QED) is 0.875. The van der Waals surface area contributed by atoms with Crippen LogP contribution < -0.4 is 5.73 Å². The molecule has 0 heterocycles. The zero-order chi connectivity index (χ0) is 13.3. The van der Waals surface area contributed by atoms with E-state index in [2.05, 4.69) is 0 Å². The molecule has 0 aromatic heterocycles. The van der Waals surface area contributed by atoms with Crippen molar-refractivity contribution in [1.82, 2.24) is 0 Å². The molecule has 94 valence electrons. The van der Waals surface area contributed by atoms with Crippen LogP contribution in [0.2, 0.25) is 5.02 Å². The van der Waals surface area contributed by atoms with Crippen molar-refractivity contribution in [3.63, 3.8) is 0 Å². The molecule has 0 saturated heterocycles. The summed E-state index contributed by atoms with van der Waals surface area (Å²) in [5.41, 5.74) is 7.21. The van der Waals surface area contributed by atoms with Gasteiger partial charge in [0.1, 0.15) is 11.6 Å². The van der Waals surface area contributed by atoms with Gasteiger partial charge in [-0.05, 0) is 36.2 Å². The lowest BCUT2D eigenvalue weighted by Crippen LogP contribution is -2.16. The number of hydrogen-bond donors (Lipinski definition) is 1. The highest BCUT2D eigenvalue weighted by Gasteiger charge is 2.20. The van der Waals surface area contributed by atoms with Crippen molar-refractivity contribution >= 4 is 11.6 Å². The lowest BCUT2D eigenvalue weighted by Gasteiger charge is -2.16. The van der Waals surface area contributed by atoms with E-state index in [0.717, 1.165) is 5.56 Å². The first-order valence-electron chi connectivity index (χ1n) is 5.46. The zero-order valence-electron chi connectivity index (χ0n) is 9.75. The van der Waals surface area contributed by atoms with E-state index in [-0.39, 0.29) is 5.56 Å². The average Bonchev–Trinajstić information content (AvgIpc) is 2.28. The van der Waals surface area contributed by atoms with Gasteiger partial charge in [0.2, 0.25) is 0 Å². The summed E-state index contributed by atoms with van der Waals surface area (Å²) < 4.78 is 27.3. The molecule has 1 unspecified atom stereocenters. The molecular weight excluding hydrogens is 256 g/mol. The second kappa shape index (κ2) is 5.04. The van der Waals surface area contributed by atoms with Gasteiger partial charge in [-0.1, -0.05) is 29.8 Å². The van der Waals surface area contributed by atoms with Crippen LogP contribution in [0.3, 0.4) is 0 Å². The van der Waals surface area contributed by atoms with E-state index in [9.17, 15) is 8.78 Å². The molecule has 0 radical (unpaired) electrons. The van der Waals surface area contributed by atoms with Crippen molar-refractivity contribution in [2.24, 2.45) is 5.73 Å². The van der Waals surface area contributed by atoms with E-state index in [1.807, 2.05) is 6.92 Å². The fourth-order valence-corrected chi connectivity index (χ4v) is 2.20. The van der Waals surface area contributed by atoms with E-state index >= 15 is 0 Å². The fraction of sp³-hybridized carbons (Fsp3) is 0.143.